The Bertz CT molecular complexity index is 3260. The number of carboxylic acid groups (broad SMARTS) is 1. The van der Waals surface area contributed by atoms with Crippen LogP contribution in [0.5, 0.6) is 5.75 Å². The predicted octanol–water partition coefficient (Wildman–Crippen LogP) is 8.26. The number of rotatable bonds is 11. The van der Waals surface area contributed by atoms with Gasteiger partial charge in [-0.2, -0.15) is 5.10 Å². The number of thiazole rings is 1. The summed E-state index contributed by atoms with van der Waals surface area (Å²) in [5, 5.41) is 22.1. The molecular weight excluding hydrogens is 931 g/mol. The molecule has 4 aliphatic rings. The third-order valence-electron chi connectivity index (χ3n) is 15.0. The quantitative estimate of drug-likeness (QED) is 0.105. The van der Waals surface area contributed by atoms with Gasteiger partial charge < -0.3 is 24.5 Å². The van der Waals surface area contributed by atoms with Gasteiger partial charge in [-0.1, -0.05) is 47.7 Å². The van der Waals surface area contributed by atoms with Crippen LogP contribution in [0.4, 0.5) is 16.6 Å². The van der Waals surface area contributed by atoms with Crippen LogP contribution in [0.2, 0.25) is 0 Å². The zero-order valence-corrected chi connectivity index (χ0v) is 41.0. The summed E-state index contributed by atoms with van der Waals surface area (Å²) in [6.45, 7) is 5.67. The molecule has 0 bridgehead atoms. The molecule has 72 heavy (non-hydrogen) atoms. The van der Waals surface area contributed by atoms with Crippen LogP contribution in [0, 0.1) is 12.8 Å². The van der Waals surface area contributed by atoms with E-state index < -0.39 is 11.9 Å². The lowest BCUT2D eigenvalue weighted by atomic mass is 9.85. The highest BCUT2D eigenvalue weighted by atomic mass is 32.1. The molecule has 6 heterocycles. The largest absolute Gasteiger partial charge is 0.490 e. The first-order chi connectivity index (χ1) is 34.9. The molecule has 17 heteroatoms. The summed E-state index contributed by atoms with van der Waals surface area (Å²) in [4.78, 5) is 80.1. The highest BCUT2D eigenvalue weighted by Gasteiger charge is 2.33. The summed E-state index contributed by atoms with van der Waals surface area (Å²) in [5.74, 6) is -0.684. The topological polar surface area (TPSA) is 192 Å². The molecule has 1 aliphatic carbocycles. The number of hydrogen-bond acceptors (Lipinski definition) is 12. The number of amides is 4. The van der Waals surface area contributed by atoms with Gasteiger partial charge in [0, 0.05) is 81.4 Å². The summed E-state index contributed by atoms with van der Waals surface area (Å²) in [6.07, 6.45) is 5.30. The Kier molecular flexibility index (Phi) is 12.7. The van der Waals surface area contributed by atoms with Crippen LogP contribution < -0.4 is 25.2 Å². The number of nitrogens with zero attached hydrogens (tertiary/aromatic N) is 7. The molecule has 4 aromatic carbocycles. The first-order valence-electron chi connectivity index (χ1n) is 24.8. The summed E-state index contributed by atoms with van der Waals surface area (Å²) in [7, 11) is 1.87. The molecule has 4 amide bonds. The van der Waals surface area contributed by atoms with Gasteiger partial charge in [0.2, 0.25) is 17.7 Å². The average molecular weight is 986 g/mol. The number of aromatic carboxylic acids is 1. The van der Waals surface area contributed by atoms with E-state index in [1.807, 2.05) is 103 Å². The van der Waals surface area contributed by atoms with Gasteiger partial charge in [0.1, 0.15) is 11.6 Å². The van der Waals surface area contributed by atoms with Crippen molar-refractivity contribution in [1.82, 2.24) is 30.0 Å². The van der Waals surface area contributed by atoms with E-state index in [-0.39, 0.29) is 41.3 Å². The second-order valence-corrected chi connectivity index (χ2v) is 20.4. The summed E-state index contributed by atoms with van der Waals surface area (Å²) in [6, 6.07) is 29.1. The molecule has 16 nitrogen and oxygen atoms in total. The van der Waals surface area contributed by atoms with Gasteiger partial charge in [0.15, 0.2) is 10.8 Å². The molecular formula is C55H55N9O7S. The van der Waals surface area contributed by atoms with Crippen molar-refractivity contribution in [2.24, 2.45) is 13.0 Å². The van der Waals surface area contributed by atoms with E-state index in [1.54, 1.807) is 4.68 Å². The highest BCUT2D eigenvalue weighted by molar-refractivity contribution is 7.22. The van der Waals surface area contributed by atoms with Crippen LogP contribution in [-0.4, -0.2) is 98.2 Å². The SMILES string of the molecule is Cc1c(OC2CCC(CC(=O)N3CCN(c4ccc5c(C6CCC(=O)NC6=O)nn(C)c5c4)CC3)CC2)cccc1-c1ccc(N2CCc3cccc(C(=O)Nc4nc5ccccc5s4)c3C2)nc1C(=O)O. The van der Waals surface area contributed by atoms with Gasteiger partial charge in [0.05, 0.1) is 33.4 Å². The van der Waals surface area contributed by atoms with Crippen molar-refractivity contribution >= 4 is 78.7 Å². The number of ether oxygens (including phenoxy) is 1. The molecule has 11 rings (SSSR count). The van der Waals surface area contributed by atoms with Crippen molar-refractivity contribution in [2.75, 3.05) is 47.8 Å². The third kappa shape index (κ3) is 9.24. The van der Waals surface area contributed by atoms with E-state index >= 15 is 0 Å². The van der Waals surface area contributed by atoms with Gasteiger partial charge in [-0.3, -0.25) is 34.5 Å². The van der Waals surface area contributed by atoms with E-state index in [4.69, 9.17) is 9.72 Å². The number of carbonyl (C=O) groups excluding carboxylic acids is 4. The molecule has 1 saturated carbocycles. The van der Waals surface area contributed by atoms with Crippen molar-refractivity contribution in [3.05, 3.63) is 125 Å². The number of carboxylic acids is 1. The van der Waals surface area contributed by atoms with Gasteiger partial charge in [-0.25, -0.2) is 14.8 Å². The second kappa shape index (κ2) is 19.5. The number of piperidine rings is 1. The van der Waals surface area contributed by atoms with Crippen LogP contribution in [-0.2, 0) is 34.4 Å². The number of imide groups is 1. The van der Waals surface area contributed by atoms with Crippen LogP contribution in [0.25, 0.3) is 32.2 Å². The van der Waals surface area contributed by atoms with Crippen molar-refractivity contribution in [3.8, 4) is 16.9 Å². The number of pyridine rings is 1. The zero-order valence-electron chi connectivity index (χ0n) is 40.2. The molecule has 0 radical (unpaired) electrons. The number of anilines is 3. The third-order valence-corrected chi connectivity index (χ3v) is 15.9. The predicted molar refractivity (Wildman–Crippen MR) is 276 cm³/mol. The van der Waals surface area contributed by atoms with Gasteiger partial charge in [-0.15, -0.1) is 0 Å². The molecule has 3 aromatic heterocycles. The minimum atomic E-state index is -1.13. The molecule has 1 unspecified atom stereocenters. The van der Waals surface area contributed by atoms with Gasteiger partial charge in [-0.05, 0) is 128 Å². The van der Waals surface area contributed by atoms with Crippen molar-refractivity contribution < 1.29 is 33.8 Å². The molecule has 7 aromatic rings. The van der Waals surface area contributed by atoms with Crippen molar-refractivity contribution in [1.29, 1.82) is 0 Å². The first kappa shape index (κ1) is 46.7. The summed E-state index contributed by atoms with van der Waals surface area (Å²) in [5.41, 5.74) is 8.00. The molecule has 3 N–H and O–H groups in total. The number of para-hydroxylation sites is 1. The molecule has 0 spiro atoms. The van der Waals surface area contributed by atoms with E-state index in [0.717, 1.165) is 74.7 Å². The second-order valence-electron chi connectivity index (χ2n) is 19.4. The first-order valence-corrected chi connectivity index (χ1v) is 25.6. The van der Waals surface area contributed by atoms with Crippen LogP contribution in [0.3, 0.4) is 0 Å². The van der Waals surface area contributed by atoms with Gasteiger partial charge >= 0.3 is 5.97 Å². The molecule has 3 aliphatic heterocycles. The average Bonchev–Trinajstić information content (AvgIpc) is 3.96. The Balaban J connectivity index is 0.689. The van der Waals surface area contributed by atoms with Gasteiger partial charge in [0.25, 0.3) is 5.91 Å². The highest BCUT2D eigenvalue weighted by Crippen LogP contribution is 2.38. The standard InChI is InChI=1S/C55H55N9O7S/c1-32-37(38-19-21-47(57-51(38)54(69)70)64-24-23-34-7-5-9-39(42(34)31-64)52(67)59-55-56-43-10-3-4-12-46(43)72-55)8-6-11-45(32)71-36-16-13-33(14-17-36)29-49(66)63-27-25-62(26-28-63)35-15-18-40-44(30-35)61(2)60-50(40)41-20-22-48(65)58-53(41)68/h3-12,15,18-19,21,30,33,36,41H,13-14,16-17,20,22-29,31H2,1-2H3,(H,69,70)(H,56,59,67)(H,58,65,68). The lowest BCUT2D eigenvalue weighted by Gasteiger charge is -2.37. The molecule has 3 fully saturated rings. The number of fused-ring (bicyclic) bond motifs is 3. The fourth-order valence-electron chi connectivity index (χ4n) is 11.0. The van der Waals surface area contributed by atoms with E-state index in [1.165, 1.54) is 11.3 Å². The Morgan fingerprint density at radius 2 is 1.64 bits per heavy atom. The number of aromatic nitrogens is 4. The van der Waals surface area contributed by atoms with E-state index in [9.17, 15) is 29.1 Å². The summed E-state index contributed by atoms with van der Waals surface area (Å²) >= 11 is 1.43. The maximum Gasteiger partial charge on any atom is 0.355 e. The van der Waals surface area contributed by atoms with Crippen LogP contribution in [0.1, 0.15) is 94.1 Å². The van der Waals surface area contributed by atoms with E-state index in [0.29, 0.717) is 98.5 Å². The smallest absolute Gasteiger partial charge is 0.355 e. The fourth-order valence-corrected chi connectivity index (χ4v) is 11.9. The van der Waals surface area contributed by atoms with E-state index in [2.05, 4.69) is 37.7 Å². The summed E-state index contributed by atoms with van der Waals surface area (Å²) < 4.78 is 9.42. The normalized spacial score (nSPS) is 19.3. The number of carbonyl (C=O) groups is 5. The van der Waals surface area contributed by atoms with Crippen LogP contribution >= 0.6 is 11.3 Å². The Morgan fingerprint density at radius 1 is 0.833 bits per heavy atom. The number of piperazine rings is 1. The number of benzene rings is 4. The fraction of sp³-hybridized carbons (Fsp3) is 0.345. The Hall–Kier alpha value is -7.66. The number of nitrogens with one attached hydrogen (secondary N) is 2. The monoisotopic (exact) mass is 985 g/mol. The maximum atomic E-state index is 13.7. The van der Waals surface area contributed by atoms with Crippen molar-refractivity contribution in [3.63, 3.8) is 0 Å². The zero-order chi connectivity index (χ0) is 49.6. The molecule has 2 saturated heterocycles. The van der Waals surface area contributed by atoms with Crippen molar-refractivity contribution in [2.45, 2.75) is 76.9 Å². The lowest BCUT2D eigenvalue weighted by Crippen LogP contribution is -2.49. The number of aryl methyl sites for hydroxylation is 1. The van der Waals surface area contributed by atoms with Crippen LogP contribution in [0.15, 0.2) is 91.0 Å². The molecule has 368 valence electrons. The number of hydrogen-bond donors (Lipinski definition) is 3. The Labute approximate surface area is 420 Å². The maximum absolute atomic E-state index is 13.7. The minimum Gasteiger partial charge on any atom is -0.490 e. The lowest BCUT2D eigenvalue weighted by molar-refractivity contribution is -0.134. The Morgan fingerprint density at radius 3 is 2.43 bits per heavy atom. The molecule has 1 atom stereocenters. The minimum absolute atomic E-state index is 0.0275.